The van der Waals surface area contributed by atoms with Crippen molar-refractivity contribution < 1.29 is 39.8 Å². The lowest BCUT2D eigenvalue weighted by molar-refractivity contribution is -0.302. The number of aliphatic hydroxyl groups is 5. The Hall–Kier alpha value is -0.810. The maximum absolute atomic E-state index is 13.0. The molecule has 0 aliphatic carbocycles. The summed E-state index contributed by atoms with van der Waals surface area (Å²) in [6.45, 7) is 3.86. The molecule has 0 bridgehead atoms. The third-order valence-electron chi connectivity index (χ3n) is 12.5. The van der Waals surface area contributed by atoms with Crippen LogP contribution in [0.2, 0.25) is 0 Å². The second kappa shape index (κ2) is 40.3. The second-order valence-corrected chi connectivity index (χ2v) is 18.0. The largest absolute Gasteiger partial charge is 0.394 e. The van der Waals surface area contributed by atoms with Gasteiger partial charge in [-0.2, -0.15) is 0 Å². The maximum Gasteiger partial charge on any atom is 0.220 e. The molecule has 1 rings (SSSR count). The van der Waals surface area contributed by atoms with Crippen LogP contribution in [0.3, 0.4) is 0 Å². The van der Waals surface area contributed by atoms with Crippen molar-refractivity contribution in [2.45, 2.75) is 294 Å². The standard InChI is InChI=1S/C49H97NO8/c1-3-5-7-9-11-13-15-17-19-20-21-22-23-24-25-27-29-31-33-35-37-39-45(53)50-42(41-57-49-48(56)47(55)46(54)44(40-51)58-49)43(52)38-36-34-32-30-28-26-18-16-14-12-10-8-6-4-2/h42-44,46-49,51-52,54-56H,3-41H2,1-2H3,(H,50,53)/t42-,43+,44-,46-,47?,48?,49-/m0/s1. The summed E-state index contributed by atoms with van der Waals surface area (Å²) in [4.78, 5) is 13.0. The van der Waals surface area contributed by atoms with Gasteiger partial charge in [0.2, 0.25) is 5.91 Å². The highest BCUT2D eigenvalue weighted by Gasteiger charge is 2.44. The molecule has 1 saturated heterocycles. The molecule has 346 valence electrons. The molecule has 0 aromatic carbocycles. The summed E-state index contributed by atoms with van der Waals surface area (Å²) in [7, 11) is 0. The van der Waals surface area contributed by atoms with Crippen LogP contribution in [0.4, 0.5) is 0 Å². The molecule has 6 N–H and O–H groups in total. The topological polar surface area (TPSA) is 149 Å². The second-order valence-electron chi connectivity index (χ2n) is 18.0. The summed E-state index contributed by atoms with van der Waals surface area (Å²) in [5, 5.41) is 54.4. The van der Waals surface area contributed by atoms with Crippen LogP contribution in [0.1, 0.15) is 251 Å². The smallest absolute Gasteiger partial charge is 0.220 e. The number of nitrogens with one attached hydrogen (secondary N) is 1. The number of hydrogen-bond donors (Lipinski definition) is 6. The van der Waals surface area contributed by atoms with E-state index in [2.05, 4.69) is 19.2 Å². The summed E-state index contributed by atoms with van der Waals surface area (Å²) in [5.74, 6) is -0.139. The third-order valence-corrected chi connectivity index (χ3v) is 12.5. The first kappa shape index (κ1) is 55.2. The van der Waals surface area contributed by atoms with E-state index in [9.17, 15) is 30.3 Å². The average molecular weight is 828 g/mol. The summed E-state index contributed by atoms with van der Waals surface area (Å²) in [5.41, 5.74) is 0. The third kappa shape index (κ3) is 30.3. The molecule has 1 heterocycles. The SMILES string of the molecule is CCCCCCCCCCCCCCCCCCCCCCCC(=O)N[C@@H](CO[C@H]1O[C@@H](CO)[C@H](O)C(O)C1O)[C@H](O)CCCCCCCCCCCCCCCC. The monoisotopic (exact) mass is 828 g/mol. The highest BCUT2D eigenvalue weighted by molar-refractivity contribution is 5.76. The summed E-state index contributed by atoms with van der Waals surface area (Å²) < 4.78 is 11.3. The average Bonchev–Trinajstić information content (AvgIpc) is 3.22. The molecule has 58 heavy (non-hydrogen) atoms. The molecule has 0 radical (unpaired) electrons. The van der Waals surface area contributed by atoms with Gasteiger partial charge in [-0.3, -0.25) is 4.79 Å². The van der Waals surface area contributed by atoms with E-state index >= 15 is 0 Å². The Bertz CT molecular complexity index is 878. The lowest BCUT2D eigenvalue weighted by Gasteiger charge is -2.40. The van der Waals surface area contributed by atoms with E-state index in [1.807, 2.05) is 0 Å². The number of hydrogen-bond acceptors (Lipinski definition) is 8. The predicted octanol–water partition coefficient (Wildman–Crippen LogP) is 11.1. The first-order chi connectivity index (χ1) is 28.3. The number of carbonyl (C=O) groups is 1. The van der Waals surface area contributed by atoms with Crippen molar-refractivity contribution in [1.82, 2.24) is 5.32 Å². The molecule has 0 saturated carbocycles. The number of rotatable bonds is 43. The minimum absolute atomic E-state index is 0.131. The Morgan fingerprint density at radius 2 is 0.862 bits per heavy atom. The van der Waals surface area contributed by atoms with Crippen LogP contribution >= 0.6 is 0 Å². The lowest BCUT2D eigenvalue weighted by Crippen LogP contribution is -2.60. The number of ether oxygens (including phenoxy) is 2. The van der Waals surface area contributed by atoms with Crippen LogP contribution in [-0.2, 0) is 14.3 Å². The molecule has 0 aromatic heterocycles. The van der Waals surface area contributed by atoms with E-state index in [0.29, 0.717) is 12.8 Å². The molecule has 0 aromatic rings. The molecule has 9 heteroatoms. The normalized spacial score (nSPS) is 20.7. The van der Waals surface area contributed by atoms with E-state index in [1.54, 1.807) is 0 Å². The van der Waals surface area contributed by atoms with Crippen molar-refractivity contribution in [3.8, 4) is 0 Å². The number of amides is 1. The van der Waals surface area contributed by atoms with Crippen molar-refractivity contribution in [2.24, 2.45) is 0 Å². The van der Waals surface area contributed by atoms with Crippen molar-refractivity contribution in [1.29, 1.82) is 0 Å². The zero-order valence-corrected chi connectivity index (χ0v) is 38.1. The first-order valence-electron chi connectivity index (χ1n) is 25.2. The van der Waals surface area contributed by atoms with Gasteiger partial charge in [-0.1, -0.05) is 232 Å². The molecule has 1 fully saturated rings. The minimum Gasteiger partial charge on any atom is -0.394 e. The van der Waals surface area contributed by atoms with E-state index in [1.165, 1.54) is 186 Å². The van der Waals surface area contributed by atoms with Gasteiger partial charge in [0.25, 0.3) is 0 Å². The van der Waals surface area contributed by atoms with E-state index in [-0.39, 0.29) is 12.5 Å². The fraction of sp³-hybridized carbons (Fsp3) is 0.980. The Morgan fingerprint density at radius 3 is 1.22 bits per heavy atom. The van der Waals surface area contributed by atoms with Crippen molar-refractivity contribution in [2.75, 3.05) is 13.2 Å². The van der Waals surface area contributed by atoms with Crippen LogP contribution in [0.5, 0.6) is 0 Å². The van der Waals surface area contributed by atoms with Gasteiger partial charge in [-0.05, 0) is 12.8 Å². The van der Waals surface area contributed by atoms with Gasteiger partial charge < -0.3 is 40.3 Å². The predicted molar refractivity (Wildman–Crippen MR) is 240 cm³/mol. The van der Waals surface area contributed by atoms with Crippen LogP contribution in [-0.4, -0.2) is 87.5 Å². The zero-order chi connectivity index (χ0) is 42.3. The summed E-state index contributed by atoms with van der Waals surface area (Å²) in [6, 6.07) is -0.711. The first-order valence-corrected chi connectivity index (χ1v) is 25.2. The molecule has 7 atom stereocenters. The van der Waals surface area contributed by atoms with Crippen LogP contribution < -0.4 is 5.32 Å². The van der Waals surface area contributed by atoms with Gasteiger partial charge in [0.15, 0.2) is 6.29 Å². The fourth-order valence-corrected chi connectivity index (χ4v) is 8.40. The van der Waals surface area contributed by atoms with Crippen molar-refractivity contribution in [3.63, 3.8) is 0 Å². The number of unbranched alkanes of at least 4 members (excludes halogenated alkanes) is 33. The van der Waals surface area contributed by atoms with Crippen LogP contribution in [0.15, 0.2) is 0 Å². The molecule has 2 unspecified atom stereocenters. The Morgan fingerprint density at radius 1 is 0.517 bits per heavy atom. The van der Waals surface area contributed by atoms with Crippen molar-refractivity contribution >= 4 is 5.91 Å². The van der Waals surface area contributed by atoms with E-state index < -0.39 is 49.5 Å². The number of aliphatic hydroxyl groups excluding tert-OH is 5. The molecular weight excluding hydrogens is 731 g/mol. The Kier molecular flexibility index (Phi) is 38.3. The molecule has 9 nitrogen and oxygen atoms in total. The molecule has 1 aliphatic rings. The fourth-order valence-electron chi connectivity index (χ4n) is 8.40. The van der Waals surface area contributed by atoms with Gasteiger partial charge in [0.1, 0.15) is 24.4 Å². The number of carbonyl (C=O) groups excluding carboxylic acids is 1. The van der Waals surface area contributed by atoms with Crippen LogP contribution in [0, 0.1) is 0 Å². The minimum atomic E-state index is -1.55. The van der Waals surface area contributed by atoms with Gasteiger partial charge in [0.05, 0.1) is 25.4 Å². The Labute approximate surface area is 357 Å². The van der Waals surface area contributed by atoms with Gasteiger partial charge in [-0.25, -0.2) is 0 Å². The zero-order valence-electron chi connectivity index (χ0n) is 38.1. The molecule has 1 amide bonds. The van der Waals surface area contributed by atoms with E-state index in [0.717, 1.165) is 38.5 Å². The van der Waals surface area contributed by atoms with E-state index in [4.69, 9.17) is 9.47 Å². The molecular formula is C49H97NO8. The lowest BCUT2D eigenvalue weighted by atomic mass is 9.99. The van der Waals surface area contributed by atoms with Gasteiger partial charge in [-0.15, -0.1) is 0 Å². The molecule has 1 aliphatic heterocycles. The molecule has 0 spiro atoms. The highest BCUT2D eigenvalue weighted by atomic mass is 16.7. The van der Waals surface area contributed by atoms with Gasteiger partial charge in [0, 0.05) is 6.42 Å². The maximum atomic E-state index is 13.0. The Balaban J connectivity index is 2.24. The highest BCUT2D eigenvalue weighted by Crippen LogP contribution is 2.23. The summed E-state index contributed by atoms with van der Waals surface area (Å²) in [6.07, 6.45) is 38.3. The van der Waals surface area contributed by atoms with Crippen molar-refractivity contribution in [3.05, 3.63) is 0 Å². The quantitative estimate of drug-likeness (QED) is 0.0333. The van der Waals surface area contributed by atoms with Gasteiger partial charge >= 0.3 is 0 Å². The van der Waals surface area contributed by atoms with Crippen LogP contribution in [0.25, 0.3) is 0 Å². The summed E-state index contributed by atoms with van der Waals surface area (Å²) >= 11 is 0.